The Labute approximate surface area is 103 Å². The highest BCUT2D eigenvalue weighted by molar-refractivity contribution is 6.34. The molecule has 0 aliphatic carbocycles. The van der Waals surface area contributed by atoms with Gasteiger partial charge in [-0.05, 0) is 24.3 Å². The number of fused-ring (bicyclic) bond motifs is 1. The molecule has 0 radical (unpaired) electrons. The van der Waals surface area contributed by atoms with Crippen molar-refractivity contribution in [1.29, 1.82) is 0 Å². The van der Waals surface area contributed by atoms with Crippen LogP contribution in [0.5, 0.6) is 5.75 Å². The van der Waals surface area contributed by atoms with Gasteiger partial charge >= 0.3 is 0 Å². The summed E-state index contributed by atoms with van der Waals surface area (Å²) in [6, 6.07) is 14.5. The predicted octanol–water partition coefficient (Wildman–Crippen LogP) is 4.46. The Morgan fingerprint density at radius 3 is 2.59 bits per heavy atom. The second kappa shape index (κ2) is 3.82. The van der Waals surface area contributed by atoms with Crippen LogP contribution in [0.3, 0.4) is 0 Å². The zero-order chi connectivity index (χ0) is 11.8. The highest BCUT2D eigenvalue weighted by Gasteiger charge is 2.08. The van der Waals surface area contributed by atoms with Crippen molar-refractivity contribution >= 4 is 22.6 Å². The van der Waals surface area contributed by atoms with Gasteiger partial charge in [0.1, 0.15) is 11.5 Å². The topological polar surface area (TPSA) is 33.4 Å². The van der Waals surface area contributed by atoms with Crippen LogP contribution in [0.4, 0.5) is 0 Å². The number of rotatable bonds is 1. The smallest absolute Gasteiger partial charge is 0.153 e. The van der Waals surface area contributed by atoms with Crippen LogP contribution in [0, 0.1) is 0 Å². The number of phenolic OH excluding ortho intramolecular Hbond substituents is 1. The second-order valence-electron chi connectivity index (χ2n) is 3.82. The van der Waals surface area contributed by atoms with Crippen molar-refractivity contribution in [3.63, 3.8) is 0 Å². The van der Waals surface area contributed by atoms with Crippen molar-refractivity contribution in [2.24, 2.45) is 0 Å². The van der Waals surface area contributed by atoms with E-state index in [4.69, 9.17) is 16.0 Å². The fraction of sp³-hybridized carbons (Fsp3) is 0. The highest BCUT2D eigenvalue weighted by atomic mass is 35.5. The number of furan rings is 1. The lowest BCUT2D eigenvalue weighted by atomic mass is 10.1. The van der Waals surface area contributed by atoms with Gasteiger partial charge in [0.25, 0.3) is 0 Å². The van der Waals surface area contributed by atoms with E-state index in [9.17, 15) is 5.11 Å². The average molecular weight is 245 g/mol. The highest BCUT2D eigenvalue weighted by Crippen LogP contribution is 2.32. The summed E-state index contributed by atoms with van der Waals surface area (Å²) in [6.07, 6.45) is 0. The van der Waals surface area contributed by atoms with Crippen LogP contribution < -0.4 is 0 Å². The number of benzene rings is 2. The lowest BCUT2D eigenvalue weighted by molar-refractivity contribution is 0.475. The van der Waals surface area contributed by atoms with E-state index in [-0.39, 0.29) is 5.75 Å². The third kappa shape index (κ3) is 1.77. The molecule has 1 N–H and O–H groups in total. The number of hydrogen-bond donors (Lipinski definition) is 1. The van der Waals surface area contributed by atoms with Gasteiger partial charge in [-0.2, -0.15) is 0 Å². The molecule has 2 aromatic carbocycles. The van der Waals surface area contributed by atoms with Crippen LogP contribution >= 0.6 is 11.6 Å². The third-order valence-corrected chi connectivity index (χ3v) is 2.92. The van der Waals surface area contributed by atoms with Gasteiger partial charge in [-0.3, -0.25) is 0 Å². The van der Waals surface area contributed by atoms with Crippen molar-refractivity contribution in [2.45, 2.75) is 0 Å². The molecule has 3 aromatic rings. The minimum absolute atomic E-state index is 0.217. The first-order valence-corrected chi connectivity index (χ1v) is 5.59. The molecular formula is C14H9ClO2. The van der Waals surface area contributed by atoms with E-state index in [2.05, 4.69) is 0 Å². The predicted molar refractivity (Wildman–Crippen MR) is 68.3 cm³/mol. The van der Waals surface area contributed by atoms with Crippen molar-refractivity contribution in [3.05, 3.63) is 53.6 Å². The Morgan fingerprint density at radius 2 is 1.82 bits per heavy atom. The number of halogens is 1. The standard InChI is InChI=1S/C14H9ClO2/c15-12-6-2-4-10-8-13(17-14(10)12)9-3-1-5-11(16)7-9/h1-8,16H. The Bertz CT molecular complexity index is 686. The summed E-state index contributed by atoms with van der Waals surface area (Å²) in [5, 5.41) is 11.0. The summed E-state index contributed by atoms with van der Waals surface area (Å²) in [7, 11) is 0. The normalized spacial score (nSPS) is 10.9. The van der Waals surface area contributed by atoms with Gasteiger partial charge < -0.3 is 9.52 Å². The molecule has 0 bridgehead atoms. The first-order valence-electron chi connectivity index (χ1n) is 5.21. The van der Waals surface area contributed by atoms with Crippen molar-refractivity contribution in [3.8, 4) is 17.1 Å². The Hall–Kier alpha value is -1.93. The van der Waals surface area contributed by atoms with Gasteiger partial charge in [-0.15, -0.1) is 0 Å². The Morgan fingerprint density at radius 1 is 1.00 bits per heavy atom. The molecule has 1 heterocycles. The number of para-hydroxylation sites is 1. The van der Waals surface area contributed by atoms with Gasteiger partial charge in [0.05, 0.1) is 5.02 Å². The van der Waals surface area contributed by atoms with E-state index in [1.807, 2.05) is 24.3 Å². The molecular weight excluding hydrogens is 236 g/mol. The first kappa shape index (κ1) is 10.2. The SMILES string of the molecule is Oc1cccc(-c2cc3cccc(Cl)c3o2)c1. The Balaban J connectivity index is 2.22. The molecule has 3 heteroatoms. The van der Waals surface area contributed by atoms with Crippen LogP contribution in [-0.2, 0) is 0 Å². The molecule has 0 saturated heterocycles. The van der Waals surface area contributed by atoms with Crippen LogP contribution in [0.15, 0.2) is 52.9 Å². The van der Waals surface area contributed by atoms with E-state index in [1.54, 1.807) is 24.3 Å². The molecule has 0 spiro atoms. The fourth-order valence-electron chi connectivity index (χ4n) is 1.83. The minimum Gasteiger partial charge on any atom is -0.508 e. The summed E-state index contributed by atoms with van der Waals surface area (Å²) >= 11 is 6.05. The van der Waals surface area contributed by atoms with Gasteiger partial charge in [0.15, 0.2) is 5.58 Å². The lowest BCUT2D eigenvalue weighted by Crippen LogP contribution is -1.71. The number of aromatic hydroxyl groups is 1. The largest absolute Gasteiger partial charge is 0.508 e. The van der Waals surface area contributed by atoms with Crippen LogP contribution in [0.1, 0.15) is 0 Å². The van der Waals surface area contributed by atoms with Gasteiger partial charge in [-0.1, -0.05) is 35.9 Å². The van der Waals surface area contributed by atoms with Gasteiger partial charge in [-0.25, -0.2) is 0 Å². The molecule has 84 valence electrons. The zero-order valence-electron chi connectivity index (χ0n) is 8.85. The third-order valence-electron chi connectivity index (χ3n) is 2.63. The molecule has 3 rings (SSSR count). The maximum absolute atomic E-state index is 9.44. The van der Waals surface area contributed by atoms with Crippen molar-refractivity contribution in [1.82, 2.24) is 0 Å². The fourth-order valence-corrected chi connectivity index (χ4v) is 2.05. The zero-order valence-corrected chi connectivity index (χ0v) is 9.61. The Kier molecular flexibility index (Phi) is 2.30. The van der Waals surface area contributed by atoms with Crippen LogP contribution in [0.25, 0.3) is 22.3 Å². The number of hydrogen-bond acceptors (Lipinski definition) is 2. The maximum Gasteiger partial charge on any atom is 0.153 e. The van der Waals surface area contributed by atoms with Crippen LogP contribution in [-0.4, -0.2) is 5.11 Å². The summed E-state index contributed by atoms with van der Waals surface area (Å²) in [6.45, 7) is 0. The molecule has 0 fully saturated rings. The molecule has 0 aliphatic rings. The molecule has 0 saturated carbocycles. The average Bonchev–Trinajstić information content (AvgIpc) is 2.74. The molecule has 0 unspecified atom stereocenters. The van der Waals surface area contributed by atoms with E-state index < -0.39 is 0 Å². The maximum atomic E-state index is 9.44. The molecule has 0 amide bonds. The molecule has 0 aliphatic heterocycles. The monoisotopic (exact) mass is 244 g/mol. The van der Waals surface area contributed by atoms with E-state index >= 15 is 0 Å². The summed E-state index contributed by atoms with van der Waals surface area (Å²) < 4.78 is 5.70. The summed E-state index contributed by atoms with van der Waals surface area (Å²) in [5.74, 6) is 0.915. The quantitative estimate of drug-likeness (QED) is 0.686. The summed E-state index contributed by atoms with van der Waals surface area (Å²) in [4.78, 5) is 0. The minimum atomic E-state index is 0.217. The molecule has 2 nitrogen and oxygen atoms in total. The number of phenols is 1. The molecule has 17 heavy (non-hydrogen) atoms. The molecule has 1 aromatic heterocycles. The van der Waals surface area contributed by atoms with Gasteiger partial charge in [0.2, 0.25) is 0 Å². The van der Waals surface area contributed by atoms with E-state index in [0.717, 1.165) is 10.9 Å². The lowest BCUT2D eigenvalue weighted by Gasteiger charge is -1.96. The van der Waals surface area contributed by atoms with Crippen molar-refractivity contribution < 1.29 is 9.52 Å². The van der Waals surface area contributed by atoms with E-state index in [1.165, 1.54) is 0 Å². The first-order chi connectivity index (χ1) is 8.24. The summed E-state index contributed by atoms with van der Waals surface area (Å²) in [5.41, 5.74) is 1.50. The van der Waals surface area contributed by atoms with Crippen LogP contribution in [0.2, 0.25) is 5.02 Å². The van der Waals surface area contributed by atoms with Gasteiger partial charge in [0, 0.05) is 10.9 Å². The van der Waals surface area contributed by atoms with E-state index in [0.29, 0.717) is 16.4 Å². The second-order valence-corrected chi connectivity index (χ2v) is 4.23. The van der Waals surface area contributed by atoms with Crippen molar-refractivity contribution in [2.75, 3.05) is 0 Å². The molecule has 0 atom stereocenters.